The van der Waals surface area contributed by atoms with E-state index in [4.69, 9.17) is 4.74 Å². The molecular formula is C20H23BrOP2. The summed E-state index contributed by atoms with van der Waals surface area (Å²) in [5, 5.41) is 4.35. The van der Waals surface area contributed by atoms with Gasteiger partial charge in [-0.05, 0) is 0 Å². The van der Waals surface area contributed by atoms with Gasteiger partial charge in [-0.25, -0.2) is 0 Å². The Hall–Kier alpha value is -1.04. The van der Waals surface area contributed by atoms with E-state index in [0.29, 0.717) is 0 Å². The first-order valence-corrected chi connectivity index (χ1v) is 12.0. The first kappa shape index (κ1) is 19.3. The Labute approximate surface area is 157 Å². The minimum absolute atomic E-state index is 0. The Kier molecular flexibility index (Phi) is 7.59. The van der Waals surface area contributed by atoms with Crippen LogP contribution in [0.25, 0.3) is 0 Å². The normalized spacial score (nSPS) is 12.0. The zero-order valence-electron chi connectivity index (χ0n) is 13.7. The van der Waals surface area contributed by atoms with E-state index in [0.717, 1.165) is 14.6 Å². The monoisotopic (exact) mass is 420 g/mol. The molecule has 1 nitrogen and oxygen atoms in total. The SMILES string of the molecule is Br.COCP[PH](c1ccccc1)(c1ccccc1)c1ccccc1. The van der Waals surface area contributed by atoms with Gasteiger partial charge in [0.2, 0.25) is 0 Å². The van der Waals surface area contributed by atoms with Crippen LogP contribution in [0.15, 0.2) is 91.0 Å². The average Bonchev–Trinajstić information content (AvgIpc) is 2.65. The molecule has 0 N–H and O–H groups in total. The molecule has 0 spiro atoms. The Bertz CT molecular complexity index is 624. The van der Waals surface area contributed by atoms with Gasteiger partial charge in [-0.3, -0.25) is 0 Å². The van der Waals surface area contributed by atoms with Crippen molar-refractivity contribution in [3.8, 4) is 0 Å². The van der Waals surface area contributed by atoms with E-state index in [1.165, 1.54) is 15.9 Å². The van der Waals surface area contributed by atoms with Crippen molar-refractivity contribution >= 4 is 48.1 Å². The summed E-state index contributed by atoms with van der Waals surface area (Å²) < 4.78 is 5.51. The molecule has 0 fully saturated rings. The van der Waals surface area contributed by atoms with Crippen molar-refractivity contribution in [3.05, 3.63) is 91.0 Å². The molecule has 0 saturated carbocycles. The maximum absolute atomic E-state index is 5.51. The third-order valence-corrected chi connectivity index (χ3v) is 13.3. The van der Waals surface area contributed by atoms with Gasteiger partial charge in [-0.1, -0.05) is 0 Å². The molecule has 0 amide bonds. The van der Waals surface area contributed by atoms with E-state index in [1.54, 1.807) is 7.11 Å². The molecule has 0 radical (unpaired) electrons. The van der Waals surface area contributed by atoms with Crippen LogP contribution in [0.4, 0.5) is 0 Å². The number of hydrogen-bond acceptors (Lipinski definition) is 1. The van der Waals surface area contributed by atoms with Gasteiger partial charge in [0.15, 0.2) is 0 Å². The Balaban J connectivity index is 0.00000208. The second-order valence-electron chi connectivity index (χ2n) is 5.46. The van der Waals surface area contributed by atoms with Gasteiger partial charge in [0.1, 0.15) is 0 Å². The fourth-order valence-electron chi connectivity index (χ4n) is 3.05. The minimum atomic E-state index is -2.04. The standard InChI is InChI=1S/C20H22OP2.BrH/c1-21-17-22-23(18-11-5-2-6-12-18,19-13-7-3-8-14-19)20-15-9-4-10-16-20;/h2-16,22-23H,17H2,1H3;1H. The Morgan fingerprint density at radius 1 is 0.667 bits per heavy atom. The van der Waals surface area contributed by atoms with Crippen LogP contribution in [0.5, 0.6) is 0 Å². The topological polar surface area (TPSA) is 9.23 Å². The van der Waals surface area contributed by atoms with Crippen LogP contribution in [0.3, 0.4) is 0 Å². The van der Waals surface area contributed by atoms with E-state index in [-0.39, 0.29) is 17.0 Å². The number of rotatable bonds is 6. The third-order valence-electron chi connectivity index (χ3n) is 4.10. The zero-order valence-corrected chi connectivity index (χ0v) is 17.4. The predicted molar refractivity (Wildman–Crippen MR) is 117 cm³/mol. The molecule has 3 aromatic carbocycles. The molecule has 0 heterocycles. The average molecular weight is 421 g/mol. The van der Waals surface area contributed by atoms with Crippen molar-refractivity contribution in [2.24, 2.45) is 0 Å². The molecule has 0 saturated heterocycles. The molecule has 0 aliphatic carbocycles. The van der Waals surface area contributed by atoms with Crippen molar-refractivity contribution in [3.63, 3.8) is 0 Å². The molecule has 3 rings (SSSR count). The van der Waals surface area contributed by atoms with Crippen molar-refractivity contribution in [2.45, 2.75) is 0 Å². The van der Waals surface area contributed by atoms with Gasteiger partial charge >= 0.3 is 140 Å². The maximum atomic E-state index is 5.51. The van der Waals surface area contributed by atoms with Gasteiger partial charge in [0.25, 0.3) is 0 Å². The third kappa shape index (κ3) is 3.95. The first-order valence-electron chi connectivity index (χ1n) is 7.78. The predicted octanol–water partition coefficient (Wildman–Crippen LogP) is 4.49. The van der Waals surface area contributed by atoms with Crippen molar-refractivity contribution < 1.29 is 4.74 Å². The second kappa shape index (κ2) is 9.44. The van der Waals surface area contributed by atoms with E-state index in [9.17, 15) is 0 Å². The van der Waals surface area contributed by atoms with Crippen LogP contribution < -0.4 is 15.9 Å². The summed E-state index contributed by atoms with van der Waals surface area (Å²) in [6.07, 6.45) is 0.797. The molecule has 0 aromatic heterocycles. The second-order valence-corrected chi connectivity index (χ2v) is 12.6. The number of benzene rings is 3. The molecule has 0 aliphatic rings. The van der Waals surface area contributed by atoms with Crippen molar-refractivity contribution in [1.82, 2.24) is 0 Å². The summed E-state index contributed by atoms with van der Waals surface area (Å²) in [5.74, 6) is 0. The van der Waals surface area contributed by atoms with Crippen LogP contribution in [0.1, 0.15) is 0 Å². The molecule has 1 atom stereocenters. The van der Waals surface area contributed by atoms with Crippen molar-refractivity contribution in [1.29, 1.82) is 0 Å². The van der Waals surface area contributed by atoms with Crippen molar-refractivity contribution in [2.75, 3.05) is 13.5 Å². The Morgan fingerprint density at radius 2 is 1.00 bits per heavy atom. The summed E-state index contributed by atoms with van der Waals surface area (Å²) in [7, 11) is 2.54. The quantitative estimate of drug-likeness (QED) is 0.533. The number of halogens is 1. The number of hydrogen-bond donors (Lipinski definition) is 0. The fraction of sp³-hybridized carbons (Fsp3) is 0.100. The van der Waals surface area contributed by atoms with Crippen LogP contribution in [-0.2, 0) is 4.74 Å². The van der Waals surface area contributed by atoms with Gasteiger partial charge in [0, 0.05) is 0 Å². The summed E-state index contributed by atoms with van der Waals surface area (Å²) in [4.78, 5) is 0. The molecular weight excluding hydrogens is 398 g/mol. The van der Waals surface area contributed by atoms with Gasteiger partial charge in [-0.2, -0.15) is 0 Å². The van der Waals surface area contributed by atoms with Gasteiger partial charge in [0.05, 0.1) is 0 Å². The summed E-state index contributed by atoms with van der Waals surface area (Å²) in [6.45, 7) is -2.04. The first-order chi connectivity index (χ1) is 11.4. The Morgan fingerprint density at radius 3 is 1.29 bits per heavy atom. The van der Waals surface area contributed by atoms with Crippen LogP contribution in [0, 0.1) is 0 Å². The van der Waals surface area contributed by atoms with Crippen LogP contribution in [0.2, 0.25) is 0 Å². The fourth-order valence-corrected chi connectivity index (χ4v) is 11.5. The van der Waals surface area contributed by atoms with Crippen LogP contribution in [-0.4, -0.2) is 13.5 Å². The molecule has 3 aromatic rings. The molecule has 0 bridgehead atoms. The number of ether oxygens (including phenoxy) is 1. The zero-order chi connectivity index (χ0) is 16.0. The van der Waals surface area contributed by atoms with Gasteiger partial charge < -0.3 is 0 Å². The number of methoxy groups -OCH3 is 1. The molecule has 126 valence electrons. The van der Waals surface area contributed by atoms with E-state index >= 15 is 0 Å². The summed E-state index contributed by atoms with van der Waals surface area (Å²) in [6, 6.07) is 32.9. The van der Waals surface area contributed by atoms with Gasteiger partial charge in [-0.15, -0.1) is 17.0 Å². The molecule has 1 unspecified atom stereocenters. The van der Waals surface area contributed by atoms with Crippen LogP contribution >= 0.6 is 32.2 Å². The molecule has 0 aliphatic heterocycles. The summed E-state index contributed by atoms with van der Waals surface area (Å²) in [5.41, 5.74) is 0. The van der Waals surface area contributed by atoms with E-state index in [2.05, 4.69) is 91.0 Å². The molecule has 4 heteroatoms. The van der Waals surface area contributed by atoms with E-state index in [1.807, 2.05) is 0 Å². The van der Waals surface area contributed by atoms with E-state index < -0.39 is 6.95 Å². The summed E-state index contributed by atoms with van der Waals surface area (Å²) >= 11 is 0. The molecule has 24 heavy (non-hydrogen) atoms.